The van der Waals surface area contributed by atoms with Gasteiger partial charge in [-0.1, -0.05) is 17.7 Å². The van der Waals surface area contributed by atoms with Crippen molar-refractivity contribution >= 4 is 0 Å². The number of piperazine rings is 1. The molecular formula is C17H29N3O. The molecule has 0 unspecified atom stereocenters. The highest BCUT2D eigenvalue weighted by atomic mass is 16.3. The Morgan fingerprint density at radius 3 is 2.52 bits per heavy atom. The van der Waals surface area contributed by atoms with E-state index in [-0.39, 0.29) is 5.54 Å². The Morgan fingerprint density at radius 1 is 1.19 bits per heavy atom. The van der Waals surface area contributed by atoms with Crippen LogP contribution in [0.1, 0.15) is 25.0 Å². The van der Waals surface area contributed by atoms with Crippen LogP contribution in [-0.2, 0) is 6.54 Å². The zero-order chi connectivity index (χ0) is 15.5. The number of nitrogens with one attached hydrogen (secondary N) is 1. The molecule has 118 valence electrons. The lowest BCUT2D eigenvalue weighted by molar-refractivity contribution is 0.0617. The first-order valence-electron chi connectivity index (χ1n) is 7.81. The Hall–Kier alpha value is -1.10. The van der Waals surface area contributed by atoms with Crippen LogP contribution in [0.3, 0.4) is 0 Å². The van der Waals surface area contributed by atoms with E-state index in [2.05, 4.69) is 42.9 Å². The Labute approximate surface area is 128 Å². The fourth-order valence-electron chi connectivity index (χ4n) is 2.88. The summed E-state index contributed by atoms with van der Waals surface area (Å²) in [5, 5.41) is 13.4. The molecule has 4 heteroatoms. The van der Waals surface area contributed by atoms with Crippen molar-refractivity contribution in [3.05, 3.63) is 29.3 Å². The van der Waals surface area contributed by atoms with E-state index in [0.29, 0.717) is 12.3 Å². The van der Waals surface area contributed by atoms with Gasteiger partial charge in [-0.05, 0) is 33.9 Å². The van der Waals surface area contributed by atoms with Crippen LogP contribution in [0.4, 0.5) is 0 Å². The van der Waals surface area contributed by atoms with E-state index in [1.54, 1.807) is 6.07 Å². The van der Waals surface area contributed by atoms with Crippen molar-refractivity contribution in [1.29, 1.82) is 0 Å². The van der Waals surface area contributed by atoms with Gasteiger partial charge in [0.15, 0.2) is 0 Å². The molecule has 0 spiro atoms. The zero-order valence-corrected chi connectivity index (χ0v) is 13.8. The molecule has 1 aliphatic heterocycles. The van der Waals surface area contributed by atoms with Gasteiger partial charge in [0.25, 0.3) is 0 Å². The Bertz CT molecular complexity index is 465. The second kappa shape index (κ2) is 6.77. The molecule has 1 aromatic carbocycles. The van der Waals surface area contributed by atoms with Crippen LogP contribution < -0.4 is 5.32 Å². The van der Waals surface area contributed by atoms with Crippen molar-refractivity contribution < 1.29 is 5.11 Å². The topological polar surface area (TPSA) is 38.7 Å². The van der Waals surface area contributed by atoms with E-state index in [4.69, 9.17) is 0 Å². The Kier molecular flexibility index (Phi) is 5.25. The first kappa shape index (κ1) is 16.3. The first-order valence-corrected chi connectivity index (χ1v) is 7.81. The molecule has 0 radical (unpaired) electrons. The third-order valence-electron chi connectivity index (χ3n) is 4.47. The molecule has 0 amide bonds. The van der Waals surface area contributed by atoms with Crippen molar-refractivity contribution in [1.82, 2.24) is 15.1 Å². The van der Waals surface area contributed by atoms with Gasteiger partial charge in [-0.25, -0.2) is 0 Å². The highest BCUT2D eigenvalue weighted by molar-refractivity contribution is 5.35. The minimum Gasteiger partial charge on any atom is -0.508 e. The molecule has 1 aliphatic rings. The van der Waals surface area contributed by atoms with Gasteiger partial charge in [0.2, 0.25) is 0 Å². The number of phenolic OH excluding ortho intramolecular Hbond substituents is 1. The number of hydrogen-bond acceptors (Lipinski definition) is 4. The monoisotopic (exact) mass is 291 g/mol. The minimum atomic E-state index is 0.140. The van der Waals surface area contributed by atoms with Crippen LogP contribution in [0.2, 0.25) is 0 Å². The van der Waals surface area contributed by atoms with E-state index in [9.17, 15) is 5.11 Å². The molecule has 1 saturated heterocycles. The fourth-order valence-corrected chi connectivity index (χ4v) is 2.88. The number of likely N-dealkylation sites (N-methyl/N-ethyl adjacent to an activating group) is 1. The van der Waals surface area contributed by atoms with E-state index in [1.165, 1.54) is 5.56 Å². The molecule has 4 nitrogen and oxygen atoms in total. The number of hydrogen-bond donors (Lipinski definition) is 2. The molecule has 0 aromatic heterocycles. The van der Waals surface area contributed by atoms with Gasteiger partial charge < -0.3 is 15.3 Å². The molecule has 2 N–H and O–H groups in total. The fraction of sp³-hybridized carbons (Fsp3) is 0.647. The number of nitrogens with zero attached hydrogens (tertiary/aromatic N) is 2. The second-order valence-corrected chi connectivity index (χ2v) is 6.84. The molecule has 0 bridgehead atoms. The third-order valence-corrected chi connectivity index (χ3v) is 4.47. The van der Waals surface area contributed by atoms with Gasteiger partial charge in [-0.3, -0.25) is 4.90 Å². The lowest BCUT2D eigenvalue weighted by Crippen LogP contribution is -2.57. The maximum absolute atomic E-state index is 9.89. The number of rotatable bonds is 5. The summed E-state index contributed by atoms with van der Waals surface area (Å²) in [5.74, 6) is 0.380. The van der Waals surface area contributed by atoms with Gasteiger partial charge >= 0.3 is 0 Å². The summed E-state index contributed by atoms with van der Waals surface area (Å²) in [6.07, 6.45) is 0. The van der Waals surface area contributed by atoms with E-state index >= 15 is 0 Å². The van der Waals surface area contributed by atoms with Crippen molar-refractivity contribution in [2.75, 3.05) is 39.8 Å². The highest BCUT2D eigenvalue weighted by Gasteiger charge is 2.28. The second-order valence-electron chi connectivity index (χ2n) is 6.84. The number of benzene rings is 1. The van der Waals surface area contributed by atoms with Gasteiger partial charge in [0.05, 0.1) is 0 Å². The summed E-state index contributed by atoms with van der Waals surface area (Å²) in [7, 11) is 2.18. The molecular weight excluding hydrogens is 262 g/mol. The minimum absolute atomic E-state index is 0.140. The maximum Gasteiger partial charge on any atom is 0.120 e. The molecule has 1 heterocycles. The van der Waals surface area contributed by atoms with Crippen molar-refractivity contribution in [2.45, 2.75) is 32.9 Å². The first-order chi connectivity index (χ1) is 9.88. The van der Waals surface area contributed by atoms with Crippen molar-refractivity contribution in [2.24, 2.45) is 0 Å². The number of aromatic hydroxyl groups is 1. The average Bonchev–Trinajstić information content (AvgIpc) is 2.43. The summed E-state index contributed by atoms with van der Waals surface area (Å²) < 4.78 is 0. The van der Waals surface area contributed by atoms with Gasteiger partial charge in [-0.15, -0.1) is 0 Å². The van der Waals surface area contributed by atoms with Crippen LogP contribution in [0.25, 0.3) is 0 Å². The van der Waals surface area contributed by atoms with Crippen molar-refractivity contribution in [3.8, 4) is 5.75 Å². The third kappa shape index (κ3) is 4.43. The van der Waals surface area contributed by atoms with Crippen LogP contribution in [0.5, 0.6) is 5.75 Å². The van der Waals surface area contributed by atoms with Gasteiger partial charge in [0.1, 0.15) is 5.75 Å². The standard InChI is InChI=1S/C17H29N3O/c1-14-5-6-16(21)15(11-14)12-18-13-17(2,3)20-9-7-19(4)8-10-20/h5-6,11,18,21H,7-10,12-13H2,1-4H3. The number of aryl methyl sites for hydroxylation is 1. The maximum atomic E-state index is 9.89. The molecule has 21 heavy (non-hydrogen) atoms. The average molecular weight is 291 g/mol. The molecule has 0 aliphatic carbocycles. The smallest absolute Gasteiger partial charge is 0.120 e. The molecule has 2 rings (SSSR count). The van der Waals surface area contributed by atoms with Crippen LogP contribution in [0.15, 0.2) is 18.2 Å². The van der Waals surface area contributed by atoms with E-state index in [0.717, 1.165) is 38.3 Å². The van der Waals surface area contributed by atoms with Crippen LogP contribution in [0, 0.1) is 6.92 Å². The predicted octanol–water partition coefficient (Wildman–Crippen LogP) is 1.82. The van der Waals surface area contributed by atoms with Gasteiger partial charge in [-0.2, -0.15) is 0 Å². The lowest BCUT2D eigenvalue weighted by atomic mass is 10.0. The molecule has 1 fully saturated rings. The summed E-state index contributed by atoms with van der Waals surface area (Å²) in [4.78, 5) is 4.93. The van der Waals surface area contributed by atoms with Crippen LogP contribution >= 0.6 is 0 Å². The molecule has 1 aromatic rings. The summed E-state index contributed by atoms with van der Waals surface area (Å²) >= 11 is 0. The largest absolute Gasteiger partial charge is 0.508 e. The number of phenols is 1. The SMILES string of the molecule is Cc1ccc(O)c(CNCC(C)(C)N2CCN(C)CC2)c1. The van der Waals surface area contributed by atoms with Crippen LogP contribution in [-0.4, -0.2) is 60.2 Å². The molecule has 0 atom stereocenters. The van der Waals surface area contributed by atoms with Gasteiger partial charge in [0, 0.05) is 50.4 Å². The van der Waals surface area contributed by atoms with E-state index < -0.39 is 0 Å². The molecule has 0 saturated carbocycles. The normalized spacial score (nSPS) is 18.1. The van der Waals surface area contributed by atoms with E-state index in [1.807, 2.05) is 12.1 Å². The summed E-state index contributed by atoms with van der Waals surface area (Å²) in [6.45, 7) is 12.8. The Morgan fingerprint density at radius 2 is 1.86 bits per heavy atom. The lowest BCUT2D eigenvalue weighted by Gasteiger charge is -2.43. The highest BCUT2D eigenvalue weighted by Crippen LogP contribution is 2.19. The van der Waals surface area contributed by atoms with Crippen molar-refractivity contribution in [3.63, 3.8) is 0 Å². The summed E-state index contributed by atoms with van der Waals surface area (Å²) in [5.41, 5.74) is 2.30. The predicted molar refractivity (Wildman–Crippen MR) is 87.7 cm³/mol. The Balaban J connectivity index is 1.85. The quantitative estimate of drug-likeness (QED) is 0.868. The zero-order valence-electron chi connectivity index (χ0n) is 13.8. The summed E-state index contributed by atoms with van der Waals surface area (Å²) in [6, 6.07) is 5.76.